The van der Waals surface area contributed by atoms with Crippen LogP contribution in [0.25, 0.3) is 10.4 Å². The lowest BCUT2D eigenvalue weighted by molar-refractivity contribution is -0.137. The Morgan fingerprint density at radius 2 is 2.23 bits per heavy atom. The molecule has 0 radical (unpaired) electrons. The number of aryl methyl sites for hydroxylation is 1. The number of benzene rings is 1. The molecule has 166 valence electrons. The fraction of sp³-hybridized carbons (Fsp3) is 0.542. The number of aliphatic hydroxyl groups excluding tert-OH is 1. The van der Waals surface area contributed by atoms with E-state index in [4.69, 9.17) is 12.0 Å². The molecule has 3 rings (SSSR count). The van der Waals surface area contributed by atoms with Gasteiger partial charge >= 0.3 is 5.97 Å². The average Bonchev–Trinajstić information content (AvgIpc) is 3.19. The number of carboxylic acid groups (broad SMARTS) is 1. The van der Waals surface area contributed by atoms with E-state index in [1.54, 1.807) is 18.2 Å². The van der Waals surface area contributed by atoms with E-state index in [9.17, 15) is 15.0 Å². The van der Waals surface area contributed by atoms with E-state index in [0.717, 1.165) is 24.8 Å². The summed E-state index contributed by atoms with van der Waals surface area (Å²) in [5, 5.41) is 33.6. The molecule has 0 unspecified atom stereocenters. The number of allylic oxidation sites excluding steroid dienone is 2. The number of carbonyl (C=O) groups is 1. The summed E-state index contributed by atoms with van der Waals surface area (Å²) in [6.45, 7) is 1.86. The normalized spacial score (nSPS) is 27.3. The van der Waals surface area contributed by atoms with Gasteiger partial charge in [-0.15, -0.1) is 0 Å². The third-order valence-electron chi connectivity index (χ3n) is 6.27. The Balaban J connectivity index is 1.61. The van der Waals surface area contributed by atoms with Crippen molar-refractivity contribution in [2.75, 3.05) is 0 Å². The first kappa shape index (κ1) is 21.6. The number of rotatable bonds is 10. The fourth-order valence-corrected chi connectivity index (χ4v) is 4.96. The summed E-state index contributed by atoms with van der Waals surface area (Å²) in [7, 11) is 0. The zero-order chi connectivity index (χ0) is 23.3. The molecule has 7 nitrogen and oxygen atoms in total. The lowest BCUT2D eigenvalue weighted by Crippen LogP contribution is -2.18. The number of fused-ring (bicyclic) bond motifs is 1. The smallest absolute Gasteiger partial charge is 0.303 e. The Morgan fingerprint density at radius 1 is 1.42 bits per heavy atom. The summed E-state index contributed by atoms with van der Waals surface area (Å²) in [6.07, 6.45) is 7.31. The van der Waals surface area contributed by atoms with Gasteiger partial charge in [-0.2, -0.15) is 0 Å². The first-order valence-electron chi connectivity index (χ1n) is 11.3. The molecule has 0 aliphatic heterocycles. The molecule has 31 heavy (non-hydrogen) atoms. The molecule has 1 aromatic carbocycles. The van der Waals surface area contributed by atoms with E-state index >= 15 is 0 Å². The minimum atomic E-state index is -1.84. The second kappa shape index (κ2) is 10.6. The molecule has 0 saturated heterocycles. The molecule has 0 bridgehead atoms. The predicted octanol–water partition coefficient (Wildman–Crippen LogP) is 4.98. The quantitative estimate of drug-likeness (QED) is 0.160. The van der Waals surface area contributed by atoms with Crippen molar-refractivity contribution in [2.24, 2.45) is 22.9 Å². The van der Waals surface area contributed by atoms with E-state index in [1.165, 1.54) is 11.6 Å². The van der Waals surface area contributed by atoms with Gasteiger partial charge in [0.05, 0.1) is 13.6 Å². The van der Waals surface area contributed by atoms with Crippen LogP contribution in [0.3, 0.4) is 0 Å². The van der Waals surface area contributed by atoms with Gasteiger partial charge in [-0.25, -0.2) is 0 Å². The van der Waals surface area contributed by atoms with E-state index in [0.29, 0.717) is 24.1 Å². The molecule has 2 aliphatic rings. The van der Waals surface area contributed by atoms with Crippen molar-refractivity contribution in [3.8, 4) is 0 Å². The van der Waals surface area contributed by atoms with E-state index in [1.807, 2.05) is 13.0 Å². The Labute approximate surface area is 184 Å². The number of aliphatic hydroxyl groups is 2. The standard InChI is InChI=1S/C24H31N3O4/c1-15-8-17(11-19(9-15)26-27-25)12-20(28)6-7-21-22-13-16(4-2-3-5-24(30)31)10-18(22)14-23(21)29/h6-11,18,20-23,28-29H,2-5,12-14H2,1H3,(H,30,31)/t18-,20-,21+,22-,23+/m0/s1/i20T. The highest BCUT2D eigenvalue weighted by atomic mass is 16.4. The first-order chi connectivity index (χ1) is 15.2. The predicted molar refractivity (Wildman–Crippen MR) is 119 cm³/mol. The molecule has 1 fully saturated rings. The van der Waals surface area contributed by atoms with E-state index < -0.39 is 18.2 Å². The maximum atomic E-state index is 10.7. The molecular formula is C24H31N3O4. The molecule has 1 saturated carbocycles. The van der Waals surface area contributed by atoms with Crippen molar-refractivity contribution in [3.63, 3.8) is 0 Å². The van der Waals surface area contributed by atoms with Crippen molar-refractivity contribution < 1.29 is 21.5 Å². The van der Waals surface area contributed by atoms with E-state index in [2.05, 4.69) is 16.1 Å². The molecule has 0 amide bonds. The number of hydrogen-bond donors (Lipinski definition) is 3. The molecule has 5 atom stereocenters. The Hall–Kier alpha value is -2.60. The second-order valence-corrected chi connectivity index (χ2v) is 8.73. The van der Waals surface area contributed by atoms with Crippen molar-refractivity contribution >= 4 is 11.7 Å². The third-order valence-corrected chi connectivity index (χ3v) is 6.27. The van der Waals surface area contributed by atoms with Crippen LogP contribution in [0, 0.1) is 24.7 Å². The van der Waals surface area contributed by atoms with Crippen LogP contribution in [0.2, 0.25) is 0 Å². The second-order valence-electron chi connectivity index (χ2n) is 8.73. The monoisotopic (exact) mass is 427 g/mol. The molecule has 0 heterocycles. The summed E-state index contributed by atoms with van der Waals surface area (Å²) >= 11 is 0. The van der Waals surface area contributed by atoms with Crippen molar-refractivity contribution in [1.82, 2.24) is 0 Å². The Kier molecular flexibility index (Phi) is 7.41. The number of hydrogen-bond acceptors (Lipinski definition) is 4. The lowest BCUT2D eigenvalue weighted by atomic mass is 9.88. The largest absolute Gasteiger partial charge is 0.481 e. The summed E-state index contributed by atoms with van der Waals surface area (Å²) in [6, 6.07) is 5.25. The van der Waals surface area contributed by atoms with Gasteiger partial charge in [0.25, 0.3) is 0 Å². The van der Waals surface area contributed by atoms with Gasteiger partial charge in [0.2, 0.25) is 0 Å². The number of carboxylic acids is 1. The summed E-state index contributed by atoms with van der Waals surface area (Å²) in [4.78, 5) is 13.5. The Morgan fingerprint density at radius 3 is 2.97 bits per heavy atom. The van der Waals surface area contributed by atoms with Gasteiger partial charge in [-0.1, -0.05) is 40.5 Å². The van der Waals surface area contributed by atoms with Gasteiger partial charge in [-0.05, 0) is 74.1 Å². The van der Waals surface area contributed by atoms with Crippen LogP contribution < -0.4 is 0 Å². The van der Waals surface area contributed by atoms with Crippen LogP contribution in [0.5, 0.6) is 0 Å². The minimum Gasteiger partial charge on any atom is -0.481 e. The molecule has 1 aromatic rings. The van der Waals surface area contributed by atoms with Crippen LogP contribution in [-0.4, -0.2) is 33.5 Å². The average molecular weight is 428 g/mol. The number of nitrogens with zero attached hydrogens (tertiary/aromatic N) is 3. The molecule has 3 N–H and O–H groups in total. The van der Waals surface area contributed by atoms with E-state index in [-0.39, 0.29) is 30.6 Å². The molecule has 0 spiro atoms. The van der Waals surface area contributed by atoms with Crippen LogP contribution in [0.4, 0.5) is 5.69 Å². The molecule has 2 aliphatic carbocycles. The number of azide groups is 1. The molecule has 7 heteroatoms. The van der Waals surface area contributed by atoms with Gasteiger partial charge < -0.3 is 15.3 Å². The zero-order valence-electron chi connectivity index (χ0n) is 18.8. The summed E-state index contributed by atoms with van der Waals surface area (Å²) < 4.78 is 8.33. The van der Waals surface area contributed by atoms with Crippen molar-refractivity contribution in [2.45, 2.75) is 64.1 Å². The molecular weight excluding hydrogens is 394 g/mol. The van der Waals surface area contributed by atoms with Crippen molar-refractivity contribution in [3.05, 3.63) is 63.6 Å². The SMILES string of the molecule is [3H][C@](O)(C=C[C@@H]1[C@H]2CC(CCCCC(=O)O)=C[C@H]2C[C@H]1O)Cc1cc(C)cc(N=[N+]=[N-])c1. The highest BCUT2D eigenvalue weighted by molar-refractivity contribution is 5.66. The first-order valence-corrected chi connectivity index (χ1v) is 10.8. The highest BCUT2D eigenvalue weighted by Gasteiger charge is 2.43. The topological polar surface area (TPSA) is 127 Å². The highest BCUT2D eigenvalue weighted by Crippen LogP contribution is 2.48. The van der Waals surface area contributed by atoms with Gasteiger partial charge in [-0.3, -0.25) is 4.79 Å². The summed E-state index contributed by atoms with van der Waals surface area (Å²) in [5.74, 6) is -0.350. The van der Waals surface area contributed by atoms with Gasteiger partial charge in [0, 0.05) is 29.4 Å². The van der Waals surface area contributed by atoms with Gasteiger partial charge in [0.15, 0.2) is 0 Å². The fourth-order valence-electron chi connectivity index (χ4n) is 4.96. The third kappa shape index (κ3) is 6.44. The van der Waals surface area contributed by atoms with Crippen LogP contribution in [0.15, 0.2) is 47.1 Å². The Bertz CT molecular complexity index is 953. The maximum Gasteiger partial charge on any atom is 0.303 e. The molecule has 0 aromatic heterocycles. The lowest BCUT2D eigenvalue weighted by Gasteiger charge is -2.19. The van der Waals surface area contributed by atoms with Gasteiger partial charge in [0.1, 0.15) is 0 Å². The van der Waals surface area contributed by atoms with Crippen LogP contribution in [0.1, 0.15) is 51.0 Å². The maximum absolute atomic E-state index is 10.7. The van der Waals surface area contributed by atoms with Crippen LogP contribution in [-0.2, 0) is 11.2 Å². The number of aliphatic carboxylic acids is 1. The zero-order valence-corrected chi connectivity index (χ0v) is 17.8. The van der Waals surface area contributed by atoms with Crippen molar-refractivity contribution in [1.29, 1.82) is 0 Å². The van der Waals surface area contributed by atoms with Crippen LogP contribution >= 0.6 is 0 Å². The minimum absolute atomic E-state index is 0.0448. The summed E-state index contributed by atoms with van der Waals surface area (Å²) in [5.41, 5.74) is 12.0. The number of unbranched alkanes of at least 4 members (excludes halogenated alkanes) is 1.